The van der Waals surface area contributed by atoms with Crippen LogP contribution in [0.15, 0.2) is 224 Å². The van der Waals surface area contributed by atoms with E-state index in [1.54, 1.807) is 0 Å². The Morgan fingerprint density at radius 3 is 1.76 bits per heavy atom. The molecule has 4 heterocycles. The first-order chi connectivity index (χ1) is 33.2. The van der Waals surface area contributed by atoms with Crippen molar-refractivity contribution in [2.75, 3.05) is 0 Å². The normalized spacial score (nSPS) is 14.5. The molecule has 0 radical (unpaired) electrons. The zero-order chi connectivity index (χ0) is 44.0. The zero-order valence-corrected chi connectivity index (χ0v) is 36.4. The Kier molecular flexibility index (Phi) is 8.37. The van der Waals surface area contributed by atoms with Gasteiger partial charge < -0.3 is 4.57 Å². The molecule has 4 heteroatoms. The Balaban J connectivity index is 0.845. The Hall–Kier alpha value is -8.73. The van der Waals surface area contributed by atoms with Crippen molar-refractivity contribution >= 4 is 82.3 Å². The van der Waals surface area contributed by atoms with Crippen LogP contribution in [0.25, 0.3) is 116 Å². The van der Waals surface area contributed by atoms with Gasteiger partial charge in [-0.3, -0.25) is 15.0 Å². The second-order valence-corrected chi connectivity index (χ2v) is 18.0. The van der Waals surface area contributed by atoms with Crippen LogP contribution < -0.4 is 0 Å². The number of aliphatic imine (C=N–C) groups is 1. The number of pyridine rings is 2. The zero-order valence-electron chi connectivity index (χ0n) is 36.4. The molecule has 1 atom stereocenters. The smallest absolute Gasteiger partial charge is 0.0923 e. The van der Waals surface area contributed by atoms with E-state index < -0.39 is 0 Å². The number of allylic oxidation sites excluding steroid dienone is 2. The molecule has 3 aromatic heterocycles. The van der Waals surface area contributed by atoms with Crippen LogP contribution in [0.3, 0.4) is 0 Å². The highest BCUT2D eigenvalue weighted by Crippen LogP contribution is 2.45. The average Bonchev–Trinajstić information content (AvgIpc) is 3.72. The van der Waals surface area contributed by atoms with Gasteiger partial charge in [-0.05, 0) is 126 Å². The first-order valence-corrected chi connectivity index (χ1v) is 23.1. The van der Waals surface area contributed by atoms with Crippen molar-refractivity contribution in [3.8, 4) is 39.2 Å². The van der Waals surface area contributed by atoms with Crippen molar-refractivity contribution in [1.29, 1.82) is 0 Å². The predicted octanol–water partition coefficient (Wildman–Crippen LogP) is 16.1. The second-order valence-electron chi connectivity index (χ2n) is 18.0. The minimum Gasteiger partial charge on any atom is -0.309 e. The number of nitrogens with zero attached hydrogens (tertiary/aromatic N) is 4. The van der Waals surface area contributed by atoms with Crippen LogP contribution >= 0.6 is 0 Å². The van der Waals surface area contributed by atoms with Gasteiger partial charge in [-0.25, -0.2) is 0 Å². The molecule has 9 aromatic carbocycles. The average molecular weight is 853 g/mol. The molecule has 1 aliphatic carbocycles. The van der Waals surface area contributed by atoms with Gasteiger partial charge in [0, 0.05) is 57.7 Å². The number of fused-ring (bicyclic) bond motifs is 10. The van der Waals surface area contributed by atoms with Crippen molar-refractivity contribution in [2.45, 2.75) is 6.42 Å². The number of benzene rings is 9. The molecule has 0 saturated heterocycles. The highest BCUT2D eigenvalue weighted by Gasteiger charge is 2.28. The van der Waals surface area contributed by atoms with Gasteiger partial charge in [-0.1, -0.05) is 158 Å². The van der Waals surface area contributed by atoms with Gasteiger partial charge in [0.05, 0.1) is 28.1 Å². The monoisotopic (exact) mass is 852 g/mol. The van der Waals surface area contributed by atoms with Crippen LogP contribution in [0.5, 0.6) is 0 Å². The summed E-state index contributed by atoms with van der Waals surface area (Å²) in [5, 5.41) is 12.1. The maximum atomic E-state index is 5.24. The van der Waals surface area contributed by atoms with Crippen molar-refractivity contribution in [1.82, 2.24) is 14.5 Å². The quantitative estimate of drug-likeness (QED) is 0.162. The molecule has 67 heavy (non-hydrogen) atoms. The molecule has 1 unspecified atom stereocenters. The maximum Gasteiger partial charge on any atom is 0.0923 e. The molecular weight excluding hydrogens is 813 g/mol. The van der Waals surface area contributed by atoms with Crippen molar-refractivity contribution in [3.05, 3.63) is 236 Å². The van der Waals surface area contributed by atoms with Crippen LogP contribution in [0.1, 0.15) is 23.2 Å². The van der Waals surface area contributed by atoms with Gasteiger partial charge in [-0.2, -0.15) is 0 Å². The first-order valence-electron chi connectivity index (χ1n) is 23.1. The summed E-state index contributed by atoms with van der Waals surface area (Å²) >= 11 is 0. The van der Waals surface area contributed by atoms with Crippen LogP contribution in [0.2, 0.25) is 0 Å². The molecule has 14 rings (SSSR count). The lowest BCUT2D eigenvalue weighted by Gasteiger charge is -2.26. The summed E-state index contributed by atoms with van der Waals surface area (Å²) in [5.41, 5.74) is 15.7. The Morgan fingerprint density at radius 2 is 1.04 bits per heavy atom. The van der Waals surface area contributed by atoms with E-state index in [0.29, 0.717) is 0 Å². The fraction of sp³-hybridized carbons (Fsp3) is 0.0317. The number of para-hydroxylation sites is 1. The molecule has 0 bridgehead atoms. The molecule has 12 aromatic rings. The van der Waals surface area contributed by atoms with Crippen LogP contribution in [-0.2, 0) is 0 Å². The molecular formula is C63H40N4. The van der Waals surface area contributed by atoms with E-state index in [0.717, 1.165) is 62.3 Å². The van der Waals surface area contributed by atoms with Crippen molar-refractivity contribution < 1.29 is 0 Å². The van der Waals surface area contributed by atoms with Gasteiger partial charge in [0.15, 0.2) is 0 Å². The van der Waals surface area contributed by atoms with Crippen molar-refractivity contribution in [3.63, 3.8) is 0 Å². The molecule has 1 aliphatic heterocycles. The molecule has 0 spiro atoms. The lowest BCUT2D eigenvalue weighted by Crippen LogP contribution is -2.22. The van der Waals surface area contributed by atoms with E-state index in [1.165, 1.54) is 76.3 Å². The summed E-state index contributed by atoms with van der Waals surface area (Å²) in [6.45, 7) is 0. The summed E-state index contributed by atoms with van der Waals surface area (Å²) in [5.74, 6) is 0.126. The highest BCUT2D eigenvalue weighted by molar-refractivity contribution is 6.22. The highest BCUT2D eigenvalue weighted by atomic mass is 15.0. The minimum atomic E-state index is 0.126. The topological polar surface area (TPSA) is 43.1 Å². The van der Waals surface area contributed by atoms with E-state index in [9.17, 15) is 0 Å². The van der Waals surface area contributed by atoms with Gasteiger partial charge in [-0.15, -0.1) is 0 Å². The van der Waals surface area contributed by atoms with E-state index in [-0.39, 0.29) is 5.92 Å². The molecule has 2 aliphatic rings. The summed E-state index contributed by atoms with van der Waals surface area (Å²) in [4.78, 5) is 15.5. The second kappa shape index (κ2) is 14.9. The third-order valence-electron chi connectivity index (χ3n) is 14.2. The lowest BCUT2D eigenvalue weighted by atomic mass is 9.82. The molecule has 312 valence electrons. The van der Waals surface area contributed by atoms with E-state index in [2.05, 4.69) is 229 Å². The summed E-state index contributed by atoms with van der Waals surface area (Å²) in [6.07, 6.45) is 11.6. The molecule has 0 saturated carbocycles. The summed E-state index contributed by atoms with van der Waals surface area (Å²) in [6, 6.07) is 70.3. The third-order valence-corrected chi connectivity index (χ3v) is 14.2. The largest absolute Gasteiger partial charge is 0.309 e. The van der Waals surface area contributed by atoms with E-state index >= 15 is 0 Å². The molecule has 0 N–H and O–H groups in total. The number of rotatable bonds is 5. The van der Waals surface area contributed by atoms with Gasteiger partial charge in [0.1, 0.15) is 0 Å². The van der Waals surface area contributed by atoms with E-state index in [4.69, 9.17) is 15.0 Å². The van der Waals surface area contributed by atoms with Crippen molar-refractivity contribution in [2.24, 2.45) is 10.9 Å². The Bertz CT molecular complexity index is 4080. The van der Waals surface area contributed by atoms with Crippen LogP contribution in [-0.4, -0.2) is 20.2 Å². The maximum absolute atomic E-state index is 5.24. The fourth-order valence-electron chi connectivity index (χ4n) is 11.0. The van der Waals surface area contributed by atoms with Gasteiger partial charge in [0.25, 0.3) is 0 Å². The van der Waals surface area contributed by atoms with Crippen LogP contribution in [0, 0.1) is 5.92 Å². The third kappa shape index (κ3) is 6.03. The van der Waals surface area contributed by atoms with Crippen LogP contribution in [0.4, 0.5) is 0 Å². The minimum absolute atomic E-state index is 0.126. The number of hydrogen-bond donors (Lipinski definition) is 0. The standard InChI is InChI=1S/C63H40N4/c1-2-16-50(17-3-1)67-58-29-28-43(34-55(58)56-38-64-57(35-59(56)67)44-24-22-39-12-4-6-14-41(39)30-44)48-32-46-26-27-47-33-49(37-66-63(47)62(46)65-36-48)61-53-20-10-8-18-51(53)60(52-19-9-11-21-54(52)61)45-25-23-40-13-5-7-15-42(40)31-45/h1-31,33-38,46H,32H2. The molecule has 4 nitrogen and oxygen atoms in total. The summed E-state index contributed by atoms with van der Waals surface area (Å²) < 4.78 is 2.37. The van der Waals surface area contributed by atoms with E-state index in [1.807, 2.05) is 0 Å². The Labute approximate surface area is 387 Å². The summed E-state index contributed by atoms with van der Waals surface area (Å²) in [7, 11) is 0. The molecule has 0 fully saturated rings. The number of hydrogen-bond acceptors (Lipinski definition) is 3. The lowest BCUT2D eigenvalue weighted by molar-refractivity contribution is 0.870. The van der Waals surface area contributed by atoms with Gasteiger partial charge in [0.2, 0.25) is 0 Å². The van der Waals surface area contributed by atoms with Gasteiger partial charge >= 0.3 is 0 Å². The predicted molar refractivity (Wildman–Crippen MR) is 281 cm³/mol. The first kappa shape index (κ1) is 37.6. The fourth-order valence-corrected chi connectivity index (χ4v) is 11.0. The SMILES string of the molecule is C1=CC2CC(c3ccc4c(c3)c3cnc(-c5ccc6ccccc6c5)cc3n4-c3ccccc3)=CN=C2c2ncc(-c3c4ccccc4c(-c4ccc5ccccc5c4)c4ccccc34)cc21. The molecule has 0 amide bonds. The number of aromatic nitrogens is 3. The Morgan fingerprint density at radius 1 is 0.433 bits per heavy atom.